The van der Waals surface area contributed by atoms with Crippen molar-refractivity contribution >= 4 is 44.6 Å². The summed E-state index contributed by atoms with van der Waals surface area (Å²) in [6.07, 6.45) is 1.51. The first-order chi connectivity index (χ1) is 42.4. The molecule has 0 spiro atoms. The number of hydrogen-bond acceptors (Lipinski definition) is 4. The average molecular weight is 1220 g/mol. The normalized spacial score (nSPS) is 15.6. The van der Waals surface area contributed by atoms with E-state index in [2.05, 4.69) is 124 Å². The maximum Gasteiger partial charge on any atom is 0.135 e. The summed E-state index contributed by atoms with van der Waals surface area (Å²) in [5, 5.41) is 1.79. The summed E-state index contributed by atoms with van der Waals surface area (Å²) in [6, 6.07) is 71.2. The zero-order chi connectivity index (χ0) is 64.1. The van der Waals surface area contributed by atoms with E-state index in [9.17, 15) is 0 Å². The van der Waals surface area contributed by atoms with E-state index < -0.39 is 38.2 Å². The molecule has 0 radical (unpaired) electrons. The number of nitrogens with zero attached hydrogens (tertiary/aromatic N) is 4. The minimum absolute atomic E-state index is 0. The van der Waals surface area contributed by atoms with E-state index in [4.69, 9.17) is 21.2 Å². The first-order valence-corrected chi connectivity index (χ1v) is 26.2. The molecule has 2 aromatic heterocycles. The first kappa shape index (κ1) is 40.2. The van der Waals surface area contributed by atoms with Crippen molar-refractivity contribution < 1.29 is 42.3 Å². The van der Waals surface area contributed by atoms with Crippen LogP contribution in [0.25, 0.3) is 72.1 Å². The number of fused-ring (bicyclic) bond motifs is 4. The van der Waals surface area contributed by atoms with Crippen molar-refractivity contribution in [2.24, 2.45) is 0 Å². The summed E-state index contributed by atoms with van der Waals surface area (Å²) < 4.78 is 110. The van der Waals surface area contributed by atoms with Crippen LogP contribution in [0.5, 0.6) is 11.5 Å². The molecule has 0 unspecified atom stereocenters. The quantitative estimate of drug-likeness (QED) is 0.135. The van der Waals surface area contributed by atoms with Gasteiger partial charge in [0, 0.05) is 88.9 Å². The van der Waals surface area contributed by atoms with Gasteiger partial charge in [-0.05, 0) is 115 Å². The van der Waals surface area contributed by atoms with E-state index in [-0.39, 0.29) is 37.6 Å². The van der Waals surface area contributed by atoms with Gasteiger partial charge in [0.15, 0.2) is 0 Å². The molecule has 9 aromatic carbocycles. The number of hydrogen-bond donors (Lipinski definition) is 0. The third kappa shape index (κ3) is 10.2. The molecule has 79 heavy (non-hydrogen) atoms. The molecule has 3 heterocycles. The van der Waals surface area contributed by atoms with Gasteiger partial charge in [0.25, 0.3) is 0 Å². The molecule has 396 valence electrons. The van der Waals surface area contributed by atoms with Gasteiger partial charge in [0.05, 0.1) is 0 Å². The Labute approximate surface area is 498 Å². The molecule has 0 aliphatic carbocycles. The fourth-order valence-corrected chi connectivity index (χ4v) is 10.5. The van der Waals surface area contributed by atoms with Crippen LogP contribution in [0, 0.1) is 25.7 Å². The Morgan fingerprint density at radius 3 is 1.71 bits per heavy atom. The summed E-state index contributed by atoms with van der Waals surface area (Å²) in [7, 11) is 0. The molecule has 12 rings (SSSR count). The molecular formula is C73H65N4OPt-3. The summed E-state index contributed by atoms with van der Waals surface area (Å²) in [4.78, 5) is 8.82. The van der Waals surface area contributed by atoms with Crippen LogP contribution >= 0.6 is 0 Å². The van der Waals surface area contributed by atoms with Crippen LogP contribution in [0.1, 0.15) is 101 Å². The van der Waals surface area contributed by atoms with E-state index >= 15 is 0 Å². The van der Waals surface area contributed by atoms with Crippen molar-refractivity contribution in [1.82, 2.24) is 9.55 Å². The third-order valence-electron chi connectivity index (χ3n) is 14.7. The van der Waals surface area contributed by atoms with E-state index in [1.165, 1.54) is 30.0 Å². The fourth-order valence-electron chi connectivity index (χ4n) is 10.5. The van der Waals surface area contributed by atoms with Crippen LogP contribution in [0.3, 0.4) is 0 Å². The Morgan fingerprint density at radius 1 is 0.494 bits per heavy atom. The molecule has 6 heteroatoms. The molecular weight excluding hydrogens is 1140 g/mol. The van der Waals surface area contributed by atoms with Gasteiger partial charge in [-0.25, -0.2) is 4.98 Å². The number of aryl methyl sites for hydroxylation is 1. The number of aromatic nitrogens is 2. The molecule has 0 saturated heterocycles. The van der Waals surface area contributed by atoms with Gasteiger partial charge in [0.2, 0.25) is 0 Å². The molecule has 0 fully saturated rings. The van der Waals surface area contributed by atoms with E-state index in [0.29, 0.717) is 39.6 Å². The summed E-state index contributed by atoms with van der Waals surface area (Å²) in [6.45, 7) is 2.26. The van der Waals surface area contributed by atoms with Crippen LogP contribution in [-0.2, 0) is 37.3 Å². The number of benzene rings is 9. The molecule has 0 amide bonds. The van der Waals surface area contributed by atoms with Crippen LogP contribution in [0.2, 0.25) is 0 Å². The van der Waals surface area contributed by atoms with Crippen molar-refractivity contribution in [3.05, 3.63) is 247 Å². The number of para-hydroxylation sites is 3. The Kier molecular flexibility index (Phi) is 10.5. The van der Waals surface area contributed by atoms with E-state index in [1.807, 2.05) is 119 Å². The smallest absolute Gasteiger partial charge is 0.135 e. The molecule has 1 aliphatic rings. The Bertz CT molecular complexity index is 4470. The van der Waals surface area contributed by atoms with Crippen molar-refractivity contribution in [2.45, 2.75) is 85.2 Å². The molecule has 11 aromatic rings. The minimum atomic E-state index is -3.45. The molecule has 0 bridgehead atoms. The zero-order valence-corrected chi connectivity index (χ0v) is 47.0. The van der Waals surface area contributed by atoms with Crippen molar-refractivity contribution in [2.75, 3.05) is 9.80 Å². The minimum Gasteiger partial charge on any atom is -0.509 e. The van der Waals surface area contributed by atoms with Gasteiger partial charge in [0.1, 0.15) is 5.82 Å². The molecule has 0 atom stereocenters. The van der Waals surface area contributed by atoms with Crippen molar-refractivity contribution in [3.8, 4) is 61.8 Å². The number of rotatable bonds is 9. The first-order valence-electron chi connectivity index (χ1n) is 32.2. The maximum atomic E-state index is 8.53. The Hall–Kier alpha value is -7.98. The topological polar surface area (TPSA) is 33.5 Å². The Balaban J connectivity index is 0.00000850. The van der Waals surface area contributed by atoms with Gasteiger partial charge >= 0.3 is 0 Å². The number of ether oxygens (including phenoxy) is 1. The molecule has 5 nitrogen and oxygen atoms in total. The van der Waals surface area contributed by atoms with Gasteiger partial charge < -0.3 is 19.1 Å². The van der Waals surface area contributed by atoms with Crippen molar-refractivity contribution in [3.63, 3.8) is 0 Å². The summed E-state index contributed by atoms with van der Waals surface area (Å²) >= 11 is 0. The predicted molar refractivity (Wildman–Crippen MR) is 327 cm³/mol. The van der Waals surface area contributed by atoms with E-state index in [0.717, 1.165) is 72.3 Å². The summed E-state index contributed by atoms with van der Waals surface area (Å²) in [5.74, 6) is 1.19. The molecule has 0 N–H and O–H groups in total. The van der Waals surface area contributed by atoms with Crippen LogP contribution in [-0.4, -0.2) is 9.55 Å². The largest absolute Gasteiger partial charge is 0.509 e. The number of anilines is 4. The zero-order valence-electron chi connectivity index (χ0n) is 56.7. The van der Waals surface area contributed by atoms with Gasteiger partial charge in [-0.1, -0.05) is 212 Å². The van der Waals surface area contributed by atoms with Gasteiger partial charge in [-0.15, -0.1) is 42.0 Å². The third-order valence-corrected chi connectivity index (χ3v) is 14.7. The second-order valence-electron chi connectivity index (χ2n) is 22.1. The van der Waals surface area contributed by atoms with Crippen molar-refractivity contribution in [1.29, 1.82) is 0 Å². The summed E-state index contributed by atoms with van der Waals surface area (Å²) in [5.41, 5.74) is 9.53. The SMILES string of the molecule is [2H]C([2H])([2H])c1ccnc(-n2c3[c-]c(Oc4[c-]c(N5[CH-]N(c6c(-c7ccc(-c8ccc(C(C)(C)C)cc8)cc7)cc(C(C)(C)C)cc6-c6ccc(C(C([2H])([2H])[2H])(C([2H])([2H])[2H])C([2H])([2H])[2H])cc6)c6ccccc65)ccc4-c4ccccc4)ccc3c3ccccc32)c1.[Pt]. The average Bonchev–Trinajstić information content (AvgIpc) is 1.15. The second kappa shape index (κ2) is 20.7. The predicted octanol–water partition coefficient (Wildman–Crippen LogP) is 19.8. The van der Waals surface area contributed by atoms with Gasteiger partial charge in [-0.3, -0.25) is 0 Å². The van der Waals surface area contributed by atoms with Crippen LogP contribution < -0.4 is 14.5 Å². The molecule has 1 aliphatic heterocycles. The van der Waals surface area contributed by atoms with E-state index in [1.54, 1.807) is 18.2 Å². The fraction of sp³-hybridized carbons (Fsp3) is 0.178. The standard InChI is InChI=1S/C73H65N4O.Pt/c1-48-40-41-74-69(42-48)77-64-21-15-14-20-60(64)61-39-37-58(46-67(61)77)78-68-45-57(36-38-59(68)51-18-12-11-13-19-51)75-47-76(66-23-17-16-22-65(66)75)70-62(52-26-24-49(25-27-52)50-28-32-54(33-29-50)71(2,3)4)43-56(73(8,9)10)44-63(70)53-30-34-55(35-31-53)72(5,6)7;/h11-44,47H,1-10H3;/q-3;/i1D3,5D3,6D3,7D3;. The second-order valence-corrected chi connectivity index (χ2v) is 22.1. The maximum absolute atomic E-state index is 8.53. The van der Waals surface area contributed by atoms with Gasteiger partial charge in [-0.2, -0.15) is 12.1 Å². The number of pyridine rings is 1. The monoisotopic (exact) mass is 1220 g/mol. The van der Waals surface area contributed by atoms with Crippen LogP contribution in [0.15, 0.2) is 206 Å². The Morgan fingerprint density at radius 2 is 1.06 bits per heavy atom. The molecule has 0 saturated carbocycles. The van der Waals surface area contributed by atoms with Crippen LogP contribution in [0.4, 0.5) is 22.7 Å².